The van der Waals surface area contributed by atoms with Gasteiger partial charge in [-0.1, -0.05) is 29.8 Å². The minimum Gasteiger partial charge on any atom is -0.569 e. The zero-order valence-corrected chi connectivity index (χ0v) is 25.3. The summed E-state index contributed by atoms with van der Waals surface area (Å²) < 4.78 is 73.6. The number of aromatic nitrogens is 2. The molecule has 1 amide bonds. The molecule has 0 aliphatic heterocycles. The van der Waals surface area contributed by atoms with Gasteiger partial charge in [0.2, 0.25) is 11.2 Å². The van der Waals surface area contributed by atoms with Crippen LogP contribution in [0.5, 0.6) is 0 Å². The molecular formula is C27H31F3N6O7S. The molecule has 0 saturated carbocycles. The smallest absolute Gasteiger partial charge is 0.435 e. The van der Waals surface area contributed by atoms with Crippen LogP contribution in [-0.4, -0.2) is 60.4 Å². The van der Waals surface area contributed by atoms with Crippen molar-refractivity contribution in [2.45, 2.75) is 45.2 Å². The second-order valence-corrected chi connectivity index (χ2v) is 12.3. The Hall–Kier alpha value is -4.67. The van der Waals surface area contributed by atoms with Crippen molar-refractivity contribution >= 4 is 21.9 Å². The van der Waals surface area contributed by atoms with E-state index < -0.39 is 52.4 Å². The molecule has 0 unspecified atom stereocenters. The zero-order chi connectivity index (χ0) is 32.9. The summed E-state index contributed by atoms with van der Waals surface area (Å²) >= 11 is 0. The number of nitrogens with zero attached hydrogens (tertiary/aromatic N) is 5. The molecule has 13 nitrogen and oxygen atoms in total. The molecule has 1 aromatic heterocycles. The van der Waals surface area contributed by atoms with Crippen LogP contribution in [0, 0.1) is 17.5 Å². The third-order valence-electron chi connectivity index (χ3n) is 5.92. The van der Waals surface area contributed by atoms with E-state index in [0.717, 1.165) is 33.5 Å². The molecule has 17 heteroatoms. The summed E-state index contributed by atoms with van der Waals surface area (Å²) in [5.41, 5.74) is -0.240. The van der Waals surface area contributed by atoms with Gasteiger partial charge in [-0.3, -0.25) is 9.59 Å². The molecule has 1 N–H and O–H groups in total. The van der Waals surface area contributed by atoms with Gasteiger partial charge in [-0.2, -0.15) is 18.3 Å². The Morgan fingerprint density at radius 3 is 2.27 bits per heavy atom. The van der Waals surface area contributed by atoms with Crippen LogP contribution in [0.4, 0.5) is 13.2 Å². The van der Waals surface area contributed by atoms with Gasteiger partial charge in [0.25, 0.3) is 16.8 Å². The topological polar surface area (TPSA) is 158 Å². The van der Waals surface area contributed by atoms with Crippen LogP contribution in [0.15, 0.2) is 64.8 Å². The molecule has 2 aromatic carbocycles. The van der Waals surface area contributed by atoms with E-state index in [4.69, 9.17) is 4.74 Å². The molecule has 0 spiro atoms. The monoisotopic (exact) mass is 640 g/mol. The largest absolute Gasteiger partial charge is 0.569 e. The van der Waals surface area contributed by atoms with Crippen molar-refractivity contribution in [2.75, 3.05) is 20.4 Å². The molecule has 0 bridgehead atoms. The van der Waals surface area contributed by atoms with Gasteiger partial charge in [-0.05, 0) is 58.0 Å². The van der Waals surface area contributed by atoms with Crippen molar-refractivity contribution in [3.8, 4) is 16.9 Å². The summed E-state index contributed by atoms with van der Waals surface area (Å²) in [6.45, 7) is 5.83. The van der Waals surface area contributed by atoms with Gasteiger partial charge in [-0.15, -0.1) is 5.01 Å². The number of hydrogen-bond donors (Lipinski definition) is 1. The molecule has 44 heavy (non-hydrogen) atoms. The number of hydrazine groups is 1. The molecule has 3 rings (SSSR count). The predicted octanol–water partition coefficient (Wildman–Crippen LogP) is 4.35. The maximum Gasteiger partial charge on any atom is 0.435 e. The molecule has 0 atom stereocenters. The molecule has 0 radical (unpaired) electrons. The number of ether oxygens (including phenoxy) is 1. The average Bonchev–Trinajstić information content (AvgIpc) is 3.40. The third-order valence-corrected chi connectivity index (χ3v) is 7.31. The van der Waals surface area contributed by atoms with Crippen LogP contribution in [0.2, 0.25) is 0 Å². The lowest BCUT2D eigenvalue weighted by Gasteiger charge is -2.15. The van der Waals surface area contributed by atoms with E-state index in [1.807, 2.05) is 11.6 Å². The van der Waals surface area contributed by atoms with Gasteiger partial charge >= 0.3 is 12.1 Å². The second kappa shape index (κ2) is 13.3. The lowest BCUT2D eigenvalue weighted by molar-refractivity contribution is -0.706. The van der Waals surface area contributed by atoms with E-state index >= 15 is 0 Å². The van der Waals surface area contributed by atoms with Gasteiger partial charge in [-0.25, -0.2) is 17.8 Å². The quantitative estimate of drug-likeness (QED) is 0.0803. The van der Waals surface area contributed by atoms with E-state index in [0.29, 0.717) is 5.56 Å². The molecular weight excluding hydrogens is 609 g/mol. The molecule has 238 valence electrons. The number of carbonyl (C=O) groups excluding carboxylic acids is 2. The fourth-order valence-corrected chi connectivity index (χ4v) is 4.47. The second-order valence-electron chi connectivity index (χ2n) is 10.6. The molecule has 0 aliphatic carbocycles. The van der Waals surface area contributed by atoms with Gasteiger partial charge in [0, 0.05) is 5.56 Å². The SMILES string of the molecule is Cc1ccc(-c2cc(C(F)(F)F)nn2-c2ccc(S(=O)(=O)NC(=O)CCN(C)/[N+]([O-])=N\OCOC(=O)C(C)(C)C)cc2)cc1. The number of esters is 1. The van der Waals surface area contributed by atoms with Crippen molar-refractivity contribution in [2.24, 2.45) is 10.7 Å². The summed E-state index contributed by atoms with van der Waals surface area (Å²) in [4.78, 5) is 28.2. The van der Waals surface area contributed by atoms with E-state index in [1.54, 1.807) is 45.0 Å². The average molecular weight is 641 g/mol. The Labute approximate surface area is 251 Å². The molecule has 1 heterocycles. The molecule has 0 fully saturated rings. The van der Waals surface area contributed by atoms with E-state index in [9.17, 15) is 36.4 Å². The highest BCUT2D eigenvalue weighted by Crippen LogP contribution is 2.33. The third kappa shape index (κ3) is 8.92. The van der Waals surface area contributed by atoms with Gasteiger partial charge < -0.3 is 14.8 Å². The van der Waals surface area contributed by atoms with Gasteiger partial charge in [0.15, 0.2) is 5.69 Å². The van der Waals surface area contributed by atoms with Crippen LogP contribution < -0.4 is 4.72 Å². The number of amides is 1. The standard InChI is InChI=1S/C27H31F3N6O7S/c1-18-6-8-19(9-7-18)22-16-23(27(28,29)30)31-35(22)20-10-12-21(13-11-20)44(40,41)32-24(37)14-15-34(5)36(39)33-43-17-42-25(38)26(2,3)4/h6-13,16H,14-15,17H2,1-5H3,(H,32,37)/b36-33+. The van der Waals surface area contributed by atoms with Crippen molar-refractivity contribution in [3.05, 3.63) is 71.1 Å². The van der Waals surface area contributed by atoms with E-state index in [-0.39, 0.29) is 27.8 Å². The maximum absolute atomic E-state index is 13.5. The lowest BCUT2D eigenvalue weighted by atomic mass is 9.98. The Kier molecular flexibility index (Phi) is 10.2. The van der Waals surface area contributed by atoms with Gasteiger partial charge in [0.1, 0.15) is 0 Å². The van der Waals surface area contributed by atoms with E-state index in [1.165, 1.54) is 19.2 Å². The fraction of sp³-hybridized carbons (Fsp3) is 0.370. The van der Waals surface area contributed by atoms with E-state index in [2.05, 4.69) is 15.2 Å². The first-order valence-electron chi connectivity index (χ1n) is 13.0. The number of carbonyl (C=O) groups is 2. The van der Waals surface area contributed by atoms with Gasteiger partial charge in [0.05, 0.1) is 46.7 Å². The summed E-state index contributed by atoms with van der Waals surface area (Å²) in [7, 11) is -3.11. The van der Waals surface area contributed by atoms with Crippen LogP contribution in [0.1, 0.15) is 38.4 Å². The number of nitrogens with one attached hydrogen (secondary N) is 1. The number of hydrogen-bond acceptors (Lipinski definition) is 9. The highest BCUT2D eigenvalue weighted by molar-refractivity contribution is 7.90. The summed E-state index contributed by atoms with van der Waals surface area (Å²) in [6.07, 6.45) is -5.15. The van der Waals surface area contributed by atoms with Crippen molar-refractivity contribution in [1.29, 1.82) is 0 Å². The lowest BCUT2D eigenvalue weighted by Crippen LogP contribution is -2.35. The first-order chi connectivity index (χ1) is 20.4. The van der Waals surface area contributed by atoms with Crippen LogP contribution >= 0.6 is 0 Å². The predicted molar refractivity (Wildman–Crippen MR) is 149 cm³/mol. The number of rotatable bonds is 11. The minimum atomic E-state index is -4.71. The highest BCUT2D eigenvalue weighted by Gasteiger charge is 2.35. The number of aryl methyl sites for hydroxylation is 1. The number of sulfonamides is 1. The Bertz CT molecular complexity index is 1620. The molecule has 0 saturated heterocycles. The highest BCUT2D eigenvalue weighted by atomic mass is 32.2. The first kappa shape index (κ1) is 33.8. The van der Waals surface area contributed by atoms with Crippen molar-refractivity contribution < 1.29 is 45.7 Å². The summed E-state index contributed by atoms with van der Waals surface area (Å²) in [5.74, 6) is -1.52. The number of benzene rings is 2. The van der Waals surface area contributed by atoms with Crippen molar-refractivity contribution in [3.63, 3.8) is 0 Å². The number of halogens is 3. The maximum atomic E-state index is 13.5. The normalized spacial score (nSPS) is 12.5. The number of alkyl halides is 3. The van der Waals surface area contributed by atoms with Crippen LogP contribution in [0.25, 0.3) is 16.9 Å². The van der Waals surface area contributed by atoms with Crippen LogP contribution in [0.3, 0.4) is 0 Å². The minimum absolute atomic E-state index is 0.0181. The van der Waals surface area contributed by atoms with Crippen molar-refractivity contribution in [1.82, 2.24) is 19.5 Å². The Morgan fingerprint density at radius 2 is 1.70 bits per heavy atom. The zero-order valence-electron chi connectivity index (χ0n) is 24.5. The fourth-order valence-electron chi connectivity index (χ4n) is 3.45. The molecule has 3 aromatic rings. The Balaban J connectivity index is 1.64. The first-order valence-corrected chi connectivity index (χ1v) is 14.5. The van der Waals surface area contributed by atoms with Crippen LogP contribution in [-0.2, 0) is 35.4 Å². The summed E-state index contributed by atoms with van der Waals surface area (Å²) in [6, 6.07) is 12.4. The summed E-state index contributed by atoms with van der Waals surface area (Å²) in [5, 5.41) is 19.7. The Morgan fingerprint density at radius 1 is 1.09 bits per heavy atom. The molecule has 0 aliphatic rings.